The second-order valence-corrected chi connectivity index (χ2v) is 5.57. The van der Waals surface area contributed by atoms with Gasteiger partial charge >= 0.3 is 0 Å². The van der Waals surface area contributed by atoms with Gasteiger partial charge in [0.1, 0.15) is 11.4 Å². The first-order valence-corrected chi connectivity index (χ1v) is 7.75. The summed E-state index contributed by atoms with van der Waals surface area (Å²) in [5.74, 6) is 0.523. The summed E-state index contributed by atoms with van der Waals surface area (Å²) in [5.41, 5.74) is 2.39. The first-order valence-electron chi connectivity index (χ1n) is 7.38. The van der Waals surface area contributed by atoms with E-state index < -0.39 is 0 Å². The molecular weight excluding hydrogens is 326 g/mol. The minimum atomic E-state index is -0.198. The number of hydrogen-bond acceptors (Lipinski definition) is 3. The highest BCUT2D eigenvalue weighted by molar-refractivity contribution is 6.30. The lowest BCUT2D eigenvalue weighted by atomic mass is 10.2. The average Bonchev–Trinajstić information content (AvgIpc) is 3.00. The van der Waals surface area contributed by atoms with Gasteiger partial charge in [-0.1, -0.05) is 29.8 Å². The number of pyridine rings is 1. The second-order valence-electron chi connectivity index (χ2n) is 5.14. The Hall–Kier alpha value is -2.79. The number of nitrogens with one attached hydrogen (secondary N) is 1. The fraction of sp³-hybridized carbons (Fsp3) is 0.111. The van der Waals surface area contributed by atoms with Crippen molar-refractivity contribution in [2.24, 2.45) is 0 Å². The van der Waals surface area contributed by atoms with E-state index in [1.54, 1.807) is 25.4 Å². The smallest absolute Gasteiger partial charge is 0.244 e. The Labute approximate surface area is 144 Å². The van der Waals surface area contributed by atoms with Gasteiger partial charge in [0.2, 0.25) is 5.91 Å². The number of imidazole rings is 1. The molecule has 0 aliphatic heterocycles. The first kappa shape index (κ1) is 16.1. The molecule has 24 heavy (non-hydrogen) atoms. The highest BCUT2D eigenvalue weighted by Crippen LogP contribution is 2.18. The molecule has 0 spiro atoms. The van der Waals surface area contributed by atoms with Crippen LogP contribution in [0.4, 0.5) is 0 Å². The van der Waals surface area contributed by atoms with Crippen LogP contribution in [0.1, 0.15) is 11.3 Å². The van der Waals surface area contributed by atoms with E-state index in [0.717, 1.165) is 22.7 Å². The summed E-state index contributed by atoms with van der Waals surface area (Å²) in [6, 6.07) is 11.1. The minimum absolute atomic E-state index is 0.198. The SMILES string of the molecule is COc1ccccc1/C=C/C(=O)NCc1cn2cc(Cl)ccc2n1. The molecule has 1 N–H and O–H groups in total. The zero-order valence-electron chi connectivity index (χ0n) is 13.1. The summed E-state index contributed by atoms with van der Waals surface area (Å²) in [6.07, 6.45) is 6.81. The number of methoxy groups -OCH3 is 1. The molecule has 0 fully saturated rings. The van der Waals surface area contributed by atoms with Crippen LogP contribution < -0.4 is 10.1 Å². The number of carbonyl (C=O) groups excluding carboxylic acids is 1. The van der Waals surface area contributed by atoms with Crippen LogP contribution >= 0.6 is 11.6 Å². The Morgan fingerprint density at radius 2 is 2.12 bits per heavy atom. The molecule has 0 aliphatic rings. The van der Waals surface area contributed by atoms with E-state index in [-0.39, 0.29) is 5.91 Å². The summed E-state index contributed by atoms with van der Waals surface area (Å²) in [5, 5.41) is 3.44. The Morgan fingerprint density at radius 3 is 2.96 bits per heavy atom. The third kappa shape index (κ3) is 3.75. The van der Waals surface area contributed by atoms with Gasteiger partial charge in [-0.3, -0.25) is 4.79 Å². The topological polar surface area (TPSA) is 55.6 Å². The number of aromatic nitrogens is 2. The van der Waals surface area contributed by atoms with Crippen LogP contribution in [-0.4, -0.2) is 22.4 Å². The zero-order chi connectivity index (χ0) is 16.9. The molecule has 0 bridgehead atoms. The van der Waals surface area contributed by atoms with Gasteiger partial charge in [-0.15, -0.1) is 0 Å². The van der Waals surface area contributed by atoms with E-state index in [0.29, 0.717) is 11.6 Å². The molecule has 0 unspecified atom stereocenters. The van der Waals surface area contributed by atoms with Gasteiger partial charge in [0.05, 0.1) is 24.4 Å². The third-order valence-corrected chi connectivity index (χ3v) is 3.69. The van der Waals surface area contributed by atoms with E-state index in [1.807, 2.05) is 40.9 Å². The number of ether oxygens (including phenoxy) is 1. The third-order valence-electron chi connectivity index (χ3n) is 3.46. The first-order chi connectivity index (χ1) is 11.7. The average molecular weight is 342 g/mol. The van der Waals surface area contributed by atoms with E-state index in [1.165, 1.54) is 6.08 Å². The Morgan fingerprint density at radius 1 is 1.29 bits per heavy atom. The predicted octanol–water partition coefficient (Wildman–Crippen LogP) is 3.33. The largest absolute Gasteiger partial charge is 0.496 e. The summed E-state index contributed by atoms with van der Waals surface area (Å²) in [7, 11) is 1.60. The maximum atomic E-state index is 12.0. The quantitative estimate of drug-likeness (QED) is 0.724. The molecule has 0 atom stereocenters. The number of amides is 1. The van der Waals surface area contributed by atoms with Gasteiger partial charge in [-0.25, -0.2) is 4.98 Å². The molecule has 122 valence electrons. The number of hydrogen-bond donors (Lipinski definition) is 1. The Kier molecular flexibility index (Phi) is 4.82. The highest BCUT2D eigenvalue weighted by Gasteiger charge is 2.04. The summed E-state index contributed by atoms with van der Waals surface area (Å²) < 4.78 is 7.07. The normalized spacial score (nSPS) is 11.1. The van der Waals surface area contributed by atoms with Crippen LogP contribution in [0.3, 0.4) is 0 Å². The van der Waals surface area contributed by atoms with Gasteiger partial charge < -0.3 is 14.5 Å². The van der Waals surface area contributed by atoms with Crippen LogP contribution in [0.2, 0.25) is 5.02 Å². The molecule has 0 radical (unpaired) electrons. The lowest BCUT2D eigenvalue weighted by molar-refractivity contribution is -0.116. The number of halogens is 1. The maximum Gasteiger partial charge on any atom is 0.244 e. The van der Waals surface area contributed by atoms with Crippen molar-refractivity contribution < 1.29 is 9.53 Å². The Bertz CT molecular complexity index is 902. The summed E-state index contributed by atoms with van der Waals surface area (Å²) >= 11 is 5.94. The van der Waals surface area contributed by atoms with Crippen molar-refractivity contribution in [3.63, 3.8) is 0 Å². The summed E-state index contributed by atoms with van der Waals surface area (Å²) in [4.78, 5) is 16.4. The van der Waals surface area contributed by atoms with Crippen LogP contribution in [-0.2, 0) is 11.3 Å². The van der Waals surface area contributed by atoms with E-state index in [2.05, 4.69) is 10.3 Å². The molecule has 2 heterocycles. The monoisotopic (exact) mass is 341 g/mol. The molecule has 3 aromatic rings. The molecule has 5 nitrogen and oxygen atoms in total. The van der Waals surface area contributed by atoms with E-state index in [4.69, 9.17) is 16.3 Å². The van der Waals surface area contributed by atoms with Crippen molar-refractivity contribution in [2.75, 3.05) is 7.11 Å². The molecule has 0 saturated heterocycles. The van der Waals surface area contributed by atoms with Crippen molar-refractivity contribution in [3.05, 3.63) is 71.1 Å². The molecule has 6 heteroatoms. The van der Waals surface area contributed by atoms with Crippen molar-refractivity contribution in [1.29, 1.82) is 0 Å². The van der Waals surface area contributed by atoms with E-state index in [9.17, 15) is 4.79 Å². The molecule has 2 aromatic heterocycles. The maximum absolute atomic E-state index is 12.0. The number of para-hydroxylation sites is 1. The molecule has 3 rings (SSSR count). The predicted molar refractivity (Wildman–Crippen MR) is 94.1 cm³/mol. The lowest BCUT2D eigenvalue weighted by Crippen LogP contribution is -2.20. The zero-order valence-corrected chi connectivity index (χ0v) is 13.8. The summed E-state index contributed by atoms with van der Waals surface area (Å²) in [6.45, 7) is 0.342. The molecule has 0 saturated carbocycles. The van der Waals surface area contributed by atoms with Crippen LogP contribution in [0.25, 0.3) is 11.7 Å². The highest BCUT2D eigenvalue weighted by atomic mass is 35.5. The van der Waals surface area contributed by atoms with Gasteiger partial charge in [-0.2, -0.15) is 0 Å². The van der Waals surface area contributed by atoms with Gasteiger partial charge in [0.15, 0.2) is 0 Å². The fourth-order valence-corrected chi connectivity index (χ4v) is 2.48. The number of carbonyl (C=O) groups is 1. The number of fused-ring (bicyclic) bond motifs is 1. The number of nitrogens with zero attached hydrogens (tertiary/aromatic N) is 2. The lowest BCUT2D eigenvalue weighted by Gasteiger charge is -2.03. The number of rotatable bonds is 5. The molecule has 1 amide bonds. The molecular formula is C18H16ClN3O2. The van der Waals surface area contributed by atoms with Crippen LogP contribution in [0, 0.1) is 0 Å². The van der Waals surface area contributed by atoms with Gasteiger partial charge in [-0.05, 0) is 24.3 Å². The minimum Gasteiger partial charge on any atom is -0.496 e. The van der Waals surface area contributed by atoms with Gasteiger partial charge in [0.25, 0.3) is 0 Å². The van der Waals surface area contributed by atoms with Crippen molar-refractivity contribution in [2.45, 2.75) is 6.54 Å². The van der Waals surface area contributed by atoms with Crippen LogP contribution in [0.5, 0.6) is 5.75 Å². The van der Waals surface area contributed by atoms with Crippen molar-refractivity contribution >= 4 is 29.2 Å². The van der Waals surface area contributed by atoms with Gasteiger partial charge in [0, 0.05) is 24.0 Å². The van der Waals surface area contributed by atoms with Crippen LogP contribution in [0.15, 0.2) is 54.9 Å². The van der Waals surface area contributed by atoms with Crippen molar-refractivity contribution in [1.82, 2.24) is 14.7 Å². The van der Waals surface area contributed by atoms with Crippen molar-refractivity contribution in [3.8, 4) is 5.75 Å². The fourth-order valence-electron chi connectivity index (χ4n) is 2.31. The number of benzene rings is 1. The Balaban J connectivity index is 1.63. The molecule has 1 aromatic carbocycles. The standard InChI is InChI=1S/C18H16ClN3O2/c1-24-16-5-3-2-4-13(16)6-9-18(23)20-10-15-12-22-11-14(19)7-8-17(22)21-15/h2-9,11-12H,10H2,1H3,(H,20,23)/b9-6+. The van der Waals surface area contributed by atoms with E-state index >= 15 is 0 Å². The second kappa shape index (κ2) is 7.19. The molecule has 0 aliphatic carbocycles.